The second-order valence-electron chi connectivity index (χ2n) is 13.5. The van der Waals surface area contributed by atoms with Crippen LogP contribution in [0.3, 0.4) is 0 Å². The van der Waals surface area contributed by atoms with Gasteiger partial charge in [-0.05, 0) is 49.0 Å². The molecule has 4 aliphatic heterocycles. The minimum atomic E-state index is -1.49. The molecule has 0 aromatic heterocycles. The Labute approximate surface area is 295 Å². The highest BCUT2D eigenvalue weighted by atomic mass is 79.9. The maximum Gasteiger partial charge on any atom is 0.313 e. The second-order valence-corrected chi connectivity index (χ2v) is 14.5. The molecule has 260 valence electrons. The zero-order valence-electron chi connectivity index (χ0n) is 28.3. The number of para-hydroxylation sites is 1. The predicted molar refractivity (Wildman–Crippen MR) is 187 cm³/mol. The molecule has 10 nitrogen and oxygen atoms in total. The smallest absolute Gasteiger partial charge is 0.313 e. The number of allylic oxidation sites excluding steroid dienone is 1. The molecule has 49 heavy (non-hydrogen) atoms. The number of cyclic esters (lactones) is 1. The van der Waals surface area contributed by atoms with Crippen LogP contribution >= 0.6 is 15.9 Å². The van der Waals surface area contributed by atoms with E-state index in [1.165, 1.54) is 4.90 Å². The van der Waals surface area contributed by atoms with Crippen molar-refractivity contribution in [3.05, 3.63) is 87.9 Å². The third kappa shape index (κ3) is 6.14. The third-order valence-corrected chi connectivity index (χ3v) is 11.3. The van der Waals surface area contributed by atoms with Gasteiger partial charge in [0.25, 0.3) is 5.91 Å². The van der Waals surface area contributed by atoms with Gasteiger partial charge < -0.3 is 29.7 Å². The lowest BCUT2D eigenvalue weighted by Crippen LogP contribution is -2.60. The van der Waals surface area contributed by atoms with Crippen LogP contribution in [0, 0.1) is 31.6 Å². The van der Waals surface area contributed by atoms with Gasteiger partial charge in [0.15, 0.2) is 0 Å². The van der Waals surface area contributed by atoms with Crippen molar-refractivity contribution in [2.75, 3.05) is 24.6 Å². The van der Waals surface area contributed by atoms with E-state index >= 15 is 4.79 Å². The maximum atomic E-state index is 15.3. The van der Waals surface area contributed by atoms with Gasteiger partial charge in [-0.1, -0.05) is 96.9 Å². The van der Waals surface area contributed by atoms with Crippen molar-refractivity contribution in [3.63, 3.8) is 0 Å². The molecule has 4 aliphatic rings. The summed E-state index contributed by atoms with van der Waals surface area (Å²) < 4.78 is 13.4. The molecule has 4 heterocycles. The van der Waals surface area contributed by atoms with Gasteiger partial charge in [0.2, 0.25) is 11.8 Å². The number of hydrogen-bond donors (Lipinski definition) is 2. The van der Waals surface area contributed by atoms with Crippen molar-refractivity contribution in [2.45, 2.75) is 76.9 Å². The lowest BCUT2D eigenvalue weighted by Gasteiger charge is -2.40. The average Bonchev–Trinajstić information content (AvgIpc) is 3.68. The molecule has 2 aromatic rings. The number of rotatable bonds is 6. The quantitative estimate of drug-likeness (QED) is 0.327. The number of amides is 3. The first-order valence-corrected chi connectivity index (χ1v) is 17.9. The number of hydrogen-bond acceptors (Lipinski definition) is 7. The van der Waals surface area contributed by atoms with Crippen LogP contribution < -0.4 is 10.2 Å². The summed E-state index contributed by atoms with van der Waals surface area (Å²) in [6.07, 6.45) is 5.13. The van der Waals surface area contributed by atoms with Gasteiger partial charge in [-0.15, -0.1) is 0 Å². The summed E-state index contributed by atoms with van der Waals surface area (Å²) in [7, 11) is 0. The van der Waals surface area contributed by atoms with Gasteiger partial charge in [0.1, 0.15) is 29.8 Å². The van der Waals surface area contributed by atoms with Crippen LogP contribution in [-0.2, 0) is 28.7 Å². The maximum absolute atomic E-state index is 15.3. The molecular weight excluding hydrogens is 690 g/mol. The highest BCUT2D eigenvalue weighted by Gasteiger charge is 2.75. The minimum Gasteiger partial charge on any atom is -0.455 e. The summed E-state index contributed by atoms with van der Waals surface area (Å²) in [6.45, 7) is 7.65. The Bertz CT molecular complexity index is 1660. The molecular formula is C38H44BrN3O7. The number of ether oxygens (including phenoxy) is 2. The van der Waals surface area contributed by atoms with Crippen molar-refractivity contribution >= 4 is 45.3 Å². The number of nitrogens with zero attached hydrogens (tertiary/aromatic N) is 2. The van der Waals surface area contributed by atoms with Crippen LogP contribution in [0.15, 0.2) is 71.2 Å². The second kappa shape index (κ2) is 14.2. The van der Waals surface area contributed by atoms with Crippen molar-refractivity contribution in [1.82, 2.24) is 10.2 Å². The largest absolute Gasteiger partial charge is 0.455 e. The Morgan fingerprint density at radius 2 is 1.73 bits per heavy atom. The number of aryl methyl sites for hydroxylation is 2. The number of anilines is 1. The lowest BCUT2D eigenvalue weighted by atomic mass is 9.74. The number of likely N-dealkylation sites (tertiary alicyclic amines) is 1. The molecule has 1 spiro atoms. The fourth-order valence-corrected chi connectivity index (χ4v) is 8.70. The number of benzene rings is 2. The van der Waals surface area contributed by atoms with Crippen LogP contribution in [0.25, 0.3) is 0 Å². The van der Waals surface area contributed by atoms with E-state index in [1.807, 2.05) is 88.4 Å². The summed E-state index contributed by atoms with van der Waals surface area (Å²) in [4.78, 5) is 60.6. The van der Waals surface area contributed by atoms with Gasteiger partial charge in [-0.3, -0.25) is 19.2 Å². The van der Waals surface area contributed by atoms with Crippen LogP contribution in [0.5, 0.6) is 0 Å². The molecule has 6 rings (SSSR count). The monoisotopic (exact) mass is 733 g/mol. The average molecular weight is 735 g/mol. The summed E-state index contributed by atoms with van der Waals surface area (Å²) in [5.74, 6) is -3.98. The van der Waals surface area contributed by atoms with E-state index in [0.717, 1.165) is 11.1 Å². The molecule has 0 unspecified atom stereocenters. The summed E-state index contributed by atoms with van der Waals surface area (Å²) in [5, 5.41) is 13.7. The SMILES string of the molecule is CC[C@H](C)[C@H](CO)N1C(=O)[C@H]2[C@@H]3C(=O)O[C@H](c4ccccc4)CNC(=O)CC/C=C\CN(c4c(C)cccc4C)C(=O)[C@H]1[C@@]21C=C(Br)[C@@H]3O1. The van der Waals surface area contributed by atoms with Gasteiger partial charge in [-0.25, -0.2) is 0 Å². The molecule has 3 amide bonds. The van der Waals surface area contributed by atoms with Crippen LogP contribution in [0.4, 0.5) is 5.69 Å². The van der Waals surface area contributed by atoms with Gasteiger partial charge in [0.05, 0.1) is 25.1 Å². The van der Waals surface area contributed by atoms with E-state index in [1.54, 1.807) is 11.0 Å². The molecule has 0 saturated carbocycles. The fraction of sp³-hybridized carbons (Fsp3) is 0.474. The Morgan fingerprint density at radius 3 is 2.41 bits per heavy atom. The minimum absolute atomic E-state index is 0.0471. The lowest BCUT2D eigenvalue weighted by molar-refractivity contribution is -0.160. The number of aliphatic hydroxyl groups excluding tert-OH is 1. The standard InChI is InChI=1S/C38H44BrN3O7/c1-5-22(2)27(21-43)42-34-36(46)41(32-23(3)13-12-14-24(32)4)18-11-7-10-17-29(44)40-20-28(25-15-8-6-9-16-25)48-37(47)30-31(35(42)45)38(34)19-26(39)33(30)49-38/h6-9,11-16,19,22,27-28,30-31,33-34,43H,5,10,17-18,20-21H2,1-4H3,(H,40,44)/b11-7-/t22-,27-,28-,30-,31+,33-,34-,38+/m0/s1. The highest BCUT2D eigenvalue weighted by molar-refractivity contribution is 9.11. The molecule has 0 aliphatic carbocycles. The number of fused-ring (bicyclic) bond motifs is 2. The zero-order valence-corrected chi connectivity index (χ0v) is 29.9. The Balaban J connectivity index is 1.52. The molecule has 0 radical (unpaired) electrons. The molecule has 5 bridgehead atoms. The van der Waals surface area contributed by atoms with Crippen molar-refractivity contribution in [3.8, 4) is 0 Å². The van der Waals surface area contributed by atoms with Crippen LogP contribution in [0.2, 0.25) is 0 Å². The first-order valence-electron chi connectivity index (χ1n) is 17.1. The van der Waals surface area contributed by atoms with E-state index in [-0.39, 0.29) is 43.8 Å². The molecule has 11 heteroatoms. The molecule has 2 N–H and O–H groups in total. The first-order chi connectivity index (χ1) is 23.5. The molecule has 2 aromatic carbocycles. The fourth-order valence-electron chi connectivity index (χ4n) is 7.97. The first kappa shape index (κ1) is 35.0. The molecule has 2 fully saturated rings. The third-order valence-electron chi connectivity index (χ3n) is 10.6. The van der Waals surface area contributed by atoms with E-state index in [9.17, 15) is 19.5 Å². The zero-order chi connectivity index (χ0) is 35.0. The number of nitrogens with one attached hydrogen (secondary N) is 1. The van der Waals surface area contributed by atoms with Crippen molar-refractivity contribution in [1.29, 1.82) is 0 Å². The van der Waals surface area contributed by atoms with Gasteiger partial charge in [-0.2, -0.15) is 0 Å². The van der Waals surface area contributed by atoms with E-state index in [2.05, 4.69) is 21.2 Å². The molecule has 2 saturated heterocycles. The Morgan fingerprint density at radius 1 is 1.02 bits per heavy atom. The highest BCUT2D eigenvalue weighted by Crippen LogP contribution is 2.59. The van der Waals surface area contributed by atoms with Crippen molar-refractivity contribution < 1.29 is 33.8 Å². The van der Waals surface area contributed by atoms with E-state index in [0.29, 0.717) is 28.6 Å². The van der Waals surface area contributed by atoms with Crippen LogP contribution in [-0.4, -0.2) is 77.2 Å². The summed E-state index contributed by atoms with van der Waals surface area (Å²) >= 11 is 3.62. The van der Waals surface area contributed by atoms with Gasteiger partial charge in [0, 0.05) is 23.1 Å². The number of aliphatic hydroxyl groups is 1. The van der Waals surface area contributed by atoms with E-state index in [4.69, 9.17) is 9.47 Å². The van der Waals surface area contributed by atoms with Crippen molar-refractivity contribution in [2.24, 2.45) is 17.8 Å². The number of carbonyl (C=O) groups is 4. The van der Waals surface area contributed by atoms with Crippen LogP contribution in [0.1, 0.15) is 55.9 Å². The summed E-state index contributed by atoms with van der Waals surface area (Å²) in [5.41, 5.74) is 1.65. The number of esters is 1. The van der Waals surface area contributed by atoms with Gasteiger partial charge >= 0.3 is 5.97 Å². The number of halogens is 1. The predicted octanol–water partition coefficient (Wildman–Crippen LogP) is 4.67. The molecule has 8 atom stereocenters. The normalized spacial score (nSPS) is 30.8. The topological polar surface area (TPSA) is 125 Å². The Hall–Kier alpha value is -3.80. The number of carbonyl (C=O) groups excluding carboxylic acids is 4. The van der Waals surface area contributed by atoms with E-state index < -0.39 is 53.6 Å². The Kier molecular flexibility index (Phi) is 10.2. The summed E-state index contributed by atoms with van der Waals surface area (Å²) in [6, 6.07) is 13.1.